The molecular weight excluding hydrogens is 250 g/mol. The Hall–Kier alpha value is -0.160. The normalized spacial score (nSPS) is 27.3. The number of hydrogen-bond donors (Lipinski definition) is 1. The Morgan fingerprint density at radius 1 is 1.15 bits per heavy atom. The van der Waals surface area contributed by atoms with Crippen molar-refractivity contribution in [1.29, 1.82) is 0 Å². The SMILES string of the molecule is COCC(CNC(C)C)N1CCC(N2CCCCC2)C1. The molecule has 1 N–H and O–H groups in total. The molecule has 2 saturated heterocycles. The fourth-order valence-electron chi connectivity index (χ4n) is 3.54. The molecule has 0 spiro atoms. The molecule has 0 bridgehead atoms. The first-order chi connectivity index (χ1) is 9.70. The Bertz CT molecular complexity index is 266. The second-order valence-corrected chi connectivity index (χ2v) is 6.71. The number of piperidine rings is 1. The lowest BCUT2D eigenvalue weighted by molar-refractivity contribution is 0.0927. The second kappa shape index (κ2) is 8.32. The third kappa shape index (κ3) is 4.69. The molecule has 0 amide bonds. The van der Waals surface area contributed by atoms with E-state index in [1.165, 1.54) is 51.9 Å². The fraction of sp³-hybridized carbons (Fsp3) is 1.00. The molecule has 0 radical (unpaired) electrons. The molecule has 2 fully saturated rings. The van der Waals surface area contributed by atoms with Gasteiger partial charge in [-0.15, -0.1) is 0 Å². The van der Waals surface area contributed by atoms with Crippen molar-refractivity contribution in [3.63, 3.8) is 0 Å². The minimum Gasteiger partial charge on any atom is -0.383 e. The van der Waals surface area contributed by atoms with Crippen LogP contribution < -0.4 is 5.32 Å². The van der Waals surface area contributed by atoms with Gasteiger partial charge >= 0.3 is 0 Å². The number of hydrogen-bond acceptors (Lipinski definition) is 4. The van der Waals surface area contributed by atoms with E-state index in [9.17, 15) is 0 Å². The summed E-state index contributed by atoms with van der Waals surface area (Å²) in [5.41, 5.74) is 0. The third-order valence-corrected chi connectivity index (χ3v) is 4.74. The van der Waals surface area contributed by atoms with Gasteiger partial charge in [0.2, 0.25) is 0 Å². The van der Waals surface area contributed by atoms with E-state index < -0.39 is 0 Å². The van der Waals surface area contributed by atoms with Crippen molar-refractivity contribution in [2.24, 2.45) is 0 Å². The summed E-state index contributed by atoms with van der Waals surface area (Å²) in [5.74, 6) is 0. The smallest absolute Gasteiger partial charge is 0.0630 e. The number of nitrogens with zero attached hydrogens (tertiary/aromatic N) is 2. The van der Waals surface area contributed by atoms with Crippen LogP contribution in [0.3, 0.4) is 0 Å². The highest BCUT2D eigenvalue weighted by molar-refractivity contribution is 4.89. The van der Waals surface area contributed by atoms with Crippen molar-refractivity contribution < 1.29 is 4.74 Å². The van der Waals surface area contributed by atoms with Crippen LogP contribution in [0.15, 0.2) is 0 Å². The first-order valence-electron chi connectivity index (χ1n) is 8.41. The van der Waals surface area contributed by atoms with Crippen molar-refractivity contribution in [3.8, 4) is 0 Å². The summed E-state index contributed by atoms with van der Waals surface area (Å²) in [7, 11) is 1.82. The van der Waals surface area contributed by atoms with Gasteiger partial charge in [-0.2, -0.15) is 0 Å². The van der Waals surface area contributed by atoms with Gasteiger partial charge in [0.05, 0.1) is 6.61 Å². The van der Waals surface area contributed by atoms with Gasteiger partial charge in [-0.1, -0.05) is 20.3 Å². The van der Waals surface area contributed by atoms with E-state index in [1.807, 2.05) is 7.11 Å². The molecule has 2 atom stereocenters. The maximum absolute atomic E-state index is 5.43. The van der Waals surface area contributed by atoms with E-state index in [4.69, 9.17) is 4.74 Å². The molecule has 0 aromatic heterocycles. The van der Waals surface area contributed by atoms with Gasteiger partial charge < -0.3 is 10.1 Å². The maximum atomic E-state index is 5.43. The molecule has 20 heavy (non-hydrogen) atoms. The summed E-state index contributed by atoms with van der Waals surface area (Å²) in [6, 6.07) is 1.86. The molecule has 2 unspecified atom stereocenters. The topological polar surface area (TPSA) is 27.7 Å². The molecule has 2 rings (SSSR count). The maximum Gasteiger partial charge on any atom is 0.0630 e. The lowest BCUT2D eigenvalue weighted by atomic mass is 10.1. The van der Waals surface area contributed by atoms with E-state index >= 15 is 0 Å². The van der Waals surface area contributed by atoms with Crippen molar-refractivity contribution >= 4 is 0 Å². The molecule has 2 heterocycles. The number of likely N-dealkylation sites (tertiary alicyclic amines) is 2. The van der Waals surface area contributed by atoms with Crippen LogP contribution in [0, 0.1) is 0 Å². The van der Waals surface area contributed by atoms with Gasteiger partial charge in [-0.25, -0.2) is 0 Å². The quantitative estimate of drug-likeness (QED) is 0.767. The highest BCUT2D eigenvalue weighted by Gasteiger charge is 2.31. The fourth-order valence-corrected chi connectivity index (χ4v) is 3.54. The van der Waals surface area contributed by atoms with Crippen LogP contribution in [0.2, 0.25) is 0 Å². The van der Waals surface area contributed by atoms with Gasteiger partial charge in [-0.3, -0.25) is 9.80 Å². The van der Waals surface area contributed by atoms with Crippen LogP contribution in [0.25, 0.3) is 0 Å². The van der Waals surface area contributed by atoms with Gasteiger partial charge in [0, 0.05) is 44.9 Å². The van der Waals surface area contributed by atoms with Crippen LogP contribution in [0.5, 0.6) is 0 Å². The Morgan fingerprint density at radius 2 is 1.90 bits per heavy atom. The molecule has 4 heteroatoms. The molecule has 0 aromatic rings. The highest BCUT2D eigenvalue weighted by atomic mass is 16.5. The molecule has 0 saturated carbocycles. The summed E-state index contributed by atoms with van der Waals surface area (Å²) in [6.07, 6.45) is 5.55. The Labute approximate surface area is 124 Å². The van der Waals surface area contributed by atoms with E-state index in [-0.39, 0.29) is 0 Å². The first kappa shape index (κ1) is 16.2. The van der Waals surface area contributed by atoms with Crippen LogP contribution >= 0.6 is 0 Å². The lowest BCUT2D eigenvalue weighted by Gasteiger charge is -2.33. The molecular formula is C16H33N3O. The van der Waals surface area contributed by atoms with E-state index in [0.29, 0.717) is 12.1 Å². The molecule has 4 nitrogen and oxygen atoms in total. The molecule has 0 aromatic carbocycles. The number of ether oxygens (including phenoxy) is 1. The Kier molecular flexibility index (Phi) is 6.75. The highest BCUT2D eigenvalue weighted by Crippen LogP contribution is 2.21. The molecule has 118 valence electrons. The second-order valence-electron chi connectivity index (χ2n) is 6.71. The average molecular weight is 283 g/mol. The van der Waals surface area contributed by atoms with E-state index in [2.05, 4.69) is 29.0 Å². The predicted molar refractivity (Wildman–Crippen MR) is 84.2 cm³/mol. The van der Waals surface area contributed by atoms with Crippen molar-refractivity contribution in [2.45, 2.75) is 57.7 Å². The zero-order chi connectivity index (χ0) is 14.4. The minimum absolute atomic E-state index is 0.525. The van der Waals surface area contributed by atoms with Crippen LogP contribution in [0.4, 0.5) is 0 Å². The van der Waals surface area contributed by atoms with Crippen molar-refractivity contribution in [1.82, 2.24) is 15.1 Å². The zero-order valence-electron chi connectivity index (χ0n) is 13.6. The monoisotopic (exact) mass is 283 g/mol. The minimum atomic E-state index is 0.525. The summed E-state index contributed by atoms with van der Waals surface area (Å²) >= 11 is 0. The van der Waals surface area contributed by atoms with Gasteiger partial charge in [-0.05, 0) is 32.4 Å². The summed E-state index contributed by atoms with van der Waals surface area (Å²) < 4.78 is 5.43. The first-order valence-corrected chi connectivity index (χ1v) is 8.41. The zero-order valence-corrected chi connectivity index (χ0v) is 13.6. The standard InChI is InChI=1S/C16H33N3O/c1-14(2)17-11-16(13-20-3)19-10-7-15(12-19)18-8-5-4-6-9-18/h14-17H,4-13H2,1-3H3. The average Bonchev–Trinajstić information content (AvgIpc) is 2.94. The summed E-state index contributed by atoms with van der Waals surface area (Å²) in [5, 5.41) is 3.57. The molecule has 2 aliphatic heterocycles. The molecule has 0 aliphatic carbocycles. The van der Waals surface area contributed by atoms with Crippen LogP contribution in [-0.2, 0) is 4.74 Å². The van der Waals surface area contributed by atoms with Crippen molar-refractivity contribution in [3.05, 3.63) is 0 Å². The van der Waals surface area contributed by atoms with Gasteiger partial charge in [0.15, 0.2) is 0 Å². The Morgan fingerprint density at radius 3 is 2.55 bits per heavy atom. The van der Waals surface area contributed by atoms with Crippen LogP contribution in [-0.4, -0.2) is 74.4 Å². The van der Waals surface area contributed by atoms with E-state index in [1.54, 1.807) is 0 Å². The third-order valence-electron chi connectivity index (χ3n) is 4.74. The number of nitrogens with one attached hydrogen (secondary N) is 1. The summed E-state index contributed by atoms with van der Waals surface area (Å²) in [6.45, 7) is 11.4. The molecule has 2 aliphatic rings. The van der Waals surface area contributed by atoms with E-state index in [0.717, 1.165) is 19.2 Å². The summed E-state index contributed by atoms with van der Waals surface area (Å²) in [4.78, 5) is 5.36. The Balaban J connectivity index is 1.81. The van der Waals surface area contributed by atoms with Crippen LogP contribution in [0.1, 0.15) is 39.5 Å². The predicted octanol–water partition coefficient (Wildman–Crippen LogP) is 1.56. The number of rotatable bonds is 7. The largest absolute Gasteiger partial charge is 0.383 e. The van der Waals surface area contributed by atoms with Crippen molar-refractivity contribution in [2.75, 3.05) is 46.4 Å². The number of methoxy groups -OCH3 is 1. The lowest BCUT2D eigenvalue weighted by Crippen LogP contribution is -2.47. The van der Waals surface area contributed by atoms with Gasteiger partial charge in [0.25, 0.3) is 0 Å². The van der Waals surface area contributed by atoms with Gasteiger partial charge in [0.1, 0.15) is 0 Å².